The van der Waals surface area contributed by atoms with Crippen LogP contribution in [0.4, 0.5) is 0 Å². The Morgan fingerprint density at radius 2 is 1.64 bits per heavy atom. The van der Waals surface area contributed by atoms with E-state index in [9.17, 15) is 0 Å². The van der Waals surface area contributed by atoms with Gasteiger partial charge in [-0.25, -0.2) is 9.97 Å². The zero-order chi connectivity index (χ0) is 19.6. The molecule has 0 N–H and O–H groups in total. The first-order valence-electron chi connectivity index (χ1n) is 10.6. The fraction of sp³-hybridized carbons (Fsp3) is 0.565. The highest BCUT2D eigenvalue weighted by Gasteiger charge is 2.29. The summed E-state index contributed by atoms with van der Waals surface area (Å²) >= 11 is 0. The number of epoxide rings is 1. The molecule has 1 aliphatic heterocycles. The van der Waals surface area contributed by atoms with Gasteiger partial charge in [-0.15, -0.1) is 0 Å². The number of hydrogen-bond acceptors (Lipinski definition) is 5. The molecule has 1 aromatic heterocycles. The minimum absolute atomic E-state index is 0.370. The summed E-state index contributed by atoms with van der Waals surface area (Å²) in [4.78, 5) is 8.86. The topological polar surface area (TPSA) is 56.8 Å². The van der Waals surface area contributed by atoms with Gasteiger partial charge in [-0.2, -0.15) is 0 Å². The van der Waals surface area contributed by atoms with Crippen LogP contribution in [0.1, 0.15) is 52.4 Å². The standard InChI is InChI=1S/C23H32N2O3/c1-3-4-5-6-7-8-13-26-21-14-24-23(25-15-21)19-9-11-20(12-10-19)27-16-18(2)22-17-28-22/h9-12,14-15,18,22H,3-8,13,16-17H2,1-2H3. The molecule has 1 aromatic carbocycles. The molecule has 0 bridgehead atoms. The van der Waals surface area contributed by atoms with E-state index in [2.05, 4.69) is 23.8 Å². The number of rotatable bonds is 13. The summed E-state index contributed by atoms with van der Waals surface area (Å²) in [6, 6.07) is 7.89. The lowest BCUT2D eigenvalue weighted by molar-refractivity contribution is 0.223. The average Bonchev–Trinajstić information content (AvgIpc) is 3.58. The molecular formula is C23H32N2O3. The minimum Gasteiger partial charge on any atom is -0.493 e. The van der Waals surface area contributed by atoms with Crippen LogP contribution in [0, 0.1) is 5.92 Å². The number of benzene rings is 1. The normalized spacial score (nSPS) is 16.6. The lowest BCUT2D eigenvalue weighted by atomic mass is 10.1. The van der Waals surface area contributed by atoms with E-state index in [-0.39, 0.29) is 0 Å². The van der Waals surface area contributed by atoms with Crippen LogP contribution in [0.2, 0.25) is 0 Å². The average molecular weight is 385 g/mol. The van der Waals surface area contributed by atoms with Crippen LogP contribution < -0.4 is 9.47 Å². The Kier molecular flexibility index (Phi) is 8.09. The molecule has 28 heavy (non-hydrogen) atoms. The van der Waals surface area contributed by atoms with E-state index in [0.29, 0.717) is 24.5 Å². The maximum Gasteiger partial charge on any atom is 0.159 e. The van der Waals surface area contributed by atoms with Gasteiger partial charge in [0.15, 0.2) is 11.6 Å². The zero-order valence-corrected chi connectivity index (χ0v) is 17.1. The Morgan fingerprint density at radius 3 is 2.32 bits per heavy atom. The molecule has 0 aliphatic carbocycles. The molecule has 0 radical (unpaired) electrons. The van der Waals surface area contributed by atoms with Crippen molar-refractivity contribution in [2.75, 3.05) is 19.8 Å². The summed E-state index contributed by atoms with van der Waals surface area (Å²) in [6.45, 7) is 6.65. The third kappa shape index (κ3) is 6.79. The highest BCUT2D eigenvalue weighted by atomic mass is 16.6. The van der Waals surface area contributed by atoms with Crippen LogP contribution in [0.25, 0.3) is 11.4 Å². The first-order chi connectivity index (χ1) is 13.8. The lowest BCUT2D eigenvalue weighted by Gasteiger charge is -2.11. The Hall–Kier alpha value is -2.14. The third-order valence-corrected chi connectivity index (χ3v) is 5.01. The van der Waals surface area contributed by atoms with Gasteiger partial charge >= 0.3 is 0 Å². The molecule has 5 heteroatoms. The zero-order valence-electron chi connectivity index (χ0n) is 17.1. The quantitative estimate of drug-likeness (QED) is 0.347. The fourth-order valence-electron chi connectivity index (χ4n) is 3.03. The van der Waals surface area contributed by atoms with Crippen LogP contribution in [0.5, 0.6) is 11.5 Å². The fourth-order valence-corrected chi connectivity index (χ4v) is 3.03. The minimum atomic E-state index is 0.370. The van der Waals surface area contributed by atoms with Gasteiger partial charge in [-0.05, 0) is 30.7 Å². The summed E-state index contributed by atoms with van der Waals surface area (Å²) in [5, 5.41) is 0. The van der Waals surface area contributed by atoms with E-state index >= 15 is 0 Å². The molecule has 0 amide bonds. The van der Waals surface area contributed by atoms with E-state index in [4.69, 9.17) is 14.2 Å². The largest absolute Gasteiger partial charge is 0.493 e. The van der Waals surface area contributed by atoms with Gasteiger partial charge in [0.05, 0.1) is 38.3 Å². The summed E-state index contributed by atoms with van der Waals surface area (Å²) in [7, 11) is 0. The van der Waals surface area contributed by atoms with Crippen LogP contribution in [0.3, 0.4) is 0 Å². The number of nitrogens with zero attached hydrogens (tertiary/aromatic N) is 2. The van der Waals surface area contributed by atoms with Crippen molar-refractivity contribution >= 4 is 0 Å². The molecule has 2 unspecified atom stereocenters. The molecule has 1 saturated heterocycles. The predicted octanol–water partition coefficient (Wildman–Crippen LogP) is 5.30. The Bertz CT molecular complexity index is 684. The van der Waals surface area contributed by atoms with E-state index < -0.39 is 0 Å². The smallest absolute Gasteiger partial charge is 0.159 e. The highest BCUT2D eigenvalue weighted by Crippen LogP contribution is 2.23. The van der Waals surface area contributed by atoms with E-state index in [0.717, 1.165) is 36.7 Å². The Morgan fingerprint density at radius 1 is 0.964 bits per heavy atom. The third-order valence-electron chi connectivity index (χ3n) is 5.01. The maximum absolute atomic E-state index is 5.82. The van der Waals surface area contributed by atoms with Gasteiger partial charge in [0.25, 0.3) is 0 Å². The predicted molar refractivity (Wildman–Crippen MR) is 111 cm³/mol. The van der Waals surface area contributed by atoms with Gasteiger partial charge in [-0.1, -0.05) is 46.0 Å². The molecule has 1 aliphatic rings. The number of ether oxygens (including phenoxy) is 3. The van der Waals surface area contributed by atoms with Gasteiger partial charge in [0.1, 0.15) is 5.75 Å². The molecule has 3 rings (SSSR count). The molecule has 5 nitrogen and oxygen atoms in total. The first-order valence-corrected chi connectivity index (χ1v) is 10.6. The van der Waals surface area contributed by atoms with Crippen LogP contribution in [-0.4, -0.2) is 35.9 Å². The lowest BCUT2D eigenvalue weighted by Crippen LogP contribution is -2.14. The Labute approximate surface area is 168 Å². The molecule has 2 aromatic rings. The van der Waals surface area contributed by atoms with Crippen molar-refractivity contribution in [3.63, 3.8) is 0 Å². The molecule has 0 spiro atoms. The van der Waals surface area contributed by atoms with Crippen molar-refractivity contribution in [1.82, 2.24) is 9.97 Å². The monoisotopic (exact) mass is 384 g/mol. The van der Waals surface area contributed by atoms with Crippen molar-refractivity contribution in [3.05, 3.63) is 36.7 Å². The van der Waals surface area contributed by atoms with Crippen molar-refractivity contribution in [3.8, 4) is 22.9 Å². The highest BCUT2D eigenvalue weighted by molar-refractivity contribution is 5.56. The van der Waals surface area contributed by atoms with Crippen molar-refractivity contribution < 1.29 is 14.2 Å². The Balaban J connectivity index is 1.40. The van der Waals surface area contributed by atoms with Gasteiger partial charge in [0, 0.05) is 11.5 Å². The molecule has 0 saturated carbocycles. The molecular weight excluding hydrogens is 352 g/mol. The molecule has 1 fully saturated rings. The van der Waals surface area contributed by atoms with Crippen LogP contribution in [-0.2, 0) is 4.74 Å². The second-order valence-corrected chi connectivity index (χ2v) is 7.54. The SMILES string of the molecule is CCCCCCCCOc1cnc(-c2ccc(OCC(C)C3CO3)cc2)nc1. The number of aromatic nitrogens is 2. The molecule has 2 heterocycles. The van der Waals surface area contributed by atoms with Gasteiger partial charge in [-0.3, -0.25) is 0 Å². The molecule has 2 atom stereocenters. The van der Waals surface area contributed by atoms with Crippen LogP contribution >= 0.6 is 0 Å². The van der Waals surface area contributed by atoms with Crippen molar-refractivity contribution in [2.45, 2.75) is 58.5 Å². The summed E-state index contributed by atoms with van der Waals surface area (Å²) < 4.78 is 16.9. The molecule has 152 valence electrons. The van der Waals surface area contributed by atoms with Crippen molar-refractivity contribution in [1.29, 1.82) is 0 Å². The second-order valence-electron chi connectivity index (χ2n) is 7.54. The van der Waals surface area contributed by atoms with E-state index in [1.165, 1.54) is 32.1 Å². The van der Waals surface area contributed by atoms with Gasteiger partial charge < -0.3 is 14.2 Å². The number of hydrogen-bond donors (Lipinski definition) is 0. The number of unbranched alkanes of at least 4 members (excludes halogenated alkanes) is 5. The van der Waals surface area contributed by atoms with Gasteiger partial charge in [0.2, 0.25) is 0 Å². The van der Waals surface area contributed by atoms with E-state index in [1.54, 1.807) is 12.4 Å². The maximum atomic E-state index is 5.82. The summed E-state index contributed by atoms with van der Waals surface area (Å²) in [5.41, 5.74) is 0.966. The van der Waals surface area contributed by atoms with Crippen molar-refractivity contribution in [2.24, 2.45) is 5.92 Å². The first kappa shape index (κ1) is 20.6. The second kappa shape index (κ2) is 11.0. The van der Waals surface area contributed by atoms with Crippen LogP contribution in [0.15, 0.2) is 36.7 Å². The van der Waals surface area contributed by atoms with E-state index in [1.807, 2.05) is 24.3 Å². The summed E-state index contributed by atoms with van der Waals surface area (Å²) in [5.74, 6) is 2.70. The summed E-state index contributed by atoms with van der Waals surface area (Å²) in [6.07, 6.45) is 11.4.